The van der Waals surface area contributed by atoms with Gasteiger partial charge in [-0.3, -0.25) is 4.79 Å². The van der Waals surface area contributed by atoms with Crippen LogP contribution in [0.2, 0.25) is 0 Å². The third kappa shape index (κ3) is 4.12. The highest BCUT2D eigenvalue weighted by molar-refractivity contribution is 5.94. The average molecular weight is 273 g/mol. The van der Waals surface area contributed by atoms with Gasteiger partial charge >= 0.3 is 0 Å². The van der Waals surface area contributed by atoms with Crippen molar-refractivity contribution in [2.24, 2.45) is 0 Å². The van der Waals surface area contributed by atoms with Crippen molar-refractivity contribution in [3.63, 3.8) is 0 Å². The average Bonchev–Trinajstić information content (AvgIpc) is 2.99. The summed E-state index contributed by atoms with van der Waals surface area (Å²) in [5.41, 5.74) is 0.562. The molecule has 2 N–H and O–H groups in total. The first-order valence-corrected chi connectivity index (χ1v) is 6.80. The van der Waals surface area contributed by atoms with Gasteiger partial charge in [-0.15, -0.1) is 0 Å². The lowest BCUT2D eigenvalue weighted by Gasteiger charge is -2.06. The lowest BCUT2D eigenvalue weighted by Crippen LogP contribution is -2.25. The first-order chi connectivity index (χ1) is 9.79. The fourth-order valence-electron chi connectivity index (χ4n) is 1.74. The van der Waals surface area contributed by atoms with Crippen LogP contribution in [0, 0.1) is 0 Å². The van der Waals surface area contributed by atoms with Crippen LogP contribution in [-0.2, 0) is 6.42 Å². The Morgan fingerprint density at radius 1 is 1.30 bits per heavy atom. The minimum Gasteiger partial charge on any atom is -0.469 e. The van der Waals surface area contributed by atoms with E-state index in [1.807, 2.05) is 18.2 Å². The van der Waals surface area contributed by atoms with Gasteiger partial charge < -0.3 is 15.1 Å². The Bertz CT molecular complexity index is 521. The molecule has 0 unspecified atom stereocenters. The largest absolute Gasteiger partial charge is 0.469 e. The van der Waals surface area contributed by atoms with E-state index in [0.717, 1.165) is 24.5 Å². The standard InChI is InChI=1S/C15H19N3O2/c1-2-8-16-14-6-5-12(11-18-14)15(19)17-9-7-13-4-3-10-20-13/h3-6,10-11H,2,7-9H2,1H3,(H,16,18)(H,17,19). The van der Waals surface area contributed by atoms with Crippen molar-refractivity contribution in [2.75, 3.05) is 18.4 Å². The van der Waals surface area contributed by atoms with Crippen LogP contribution in [0.4, 0.5) is 5.82 Å². The lowest BCUT2D eigenvalue weighted by atomic mass is 10.2. The Kier molecular flexibility index (Phi) is 5.17. The fraction of sp³-hybridized carbons (Fsp3) is 0.333. The third-order valence-corrected chi connectivity index (χ3v) is 2.82. The monoisotopic (exact) mass is 273 g/mol. The molecule has 0 spiro atoms. The van der Waals surface area contributed by atoms with Crippen LogP contribution in [0.1, 0.15) is 29.5 Å². The third-order valence-electron chi connectivity index (χ3n) is 2.82. The molecule has 0 aliphatic carbocycles. The zero-order valence-electron chi connectivity index (χ0n) is 11.6. The molecule has 0 atom stereocenters. The number of aromatic nitrogens is 1. The van der Waals surface area contributed by atoms with Gasteiger partial charge in [0, 0.05) is 25.7 Å². The number of carbonyl (C=O) groups is 1. The molecule has 0 fully saturated rings. The molecule has 0 aromatic carbocycles. The molecule has 106 valence electrons. The number of hydrogen-bond acceptors (Lipinski definition) is 4. The number of nitrogens with zero attached hydrogens (tertiary/aromatic N) is 1. The number of hydrogen-bond donors (Lipinski definition) is 2. The molecule has 0 saturated carbocycles. The summed E-state index contributed by atoms with van der Waals surface area (Å²) in [6, 6.07) is 7.31. The highest BCUT2D eigenvalue weighted by Crippen LogP contribution is 2.05. The maximum absolute atomic E-state index is 11.9. The van der Waals surface area contributed by atoms with E-state index in [-0.39, 0.29) is 5.91 Å². The minimum absolute atomic E-state index is 0.119. The summed E-state index contributed by atoms with van der Waals surface area (Å²) in [4.78, 5) is 16.1. The van der Waals surface area contributed by atoms with Crippen LogP contribution in [-0.4, -0.2) is 24.0 Å². The number of carbonyl (C=O) groups excluding carboxylic acids is 1. The van der Waals surface area contributed by atoms with Gasteiger partial charge in [0.05, 0.1) is 11.8 Å². The van der Waals surface area contributed by atoms with Gasteiger partial charge in [0.25, 0.3) is 5.91 Å². The molecule has 20 heavy (non-hydrogen) atoms. The zero-order chi connectivity index (χ0) is 14.2. The van der Waals surface area contributed by atoms with Crippen LogP contribution in [0.3, 0.4) is 0 Å². The van der Waals surface area contributed by atoms with Crippen molar-refractivity contribution in [2.45, 2.75) is 19.8 Å². The molecular formula is C15H19N3O2. The second kappa shape index (κ2) is 7.33. The van der Waals surface area contributed by atoms with E-state index in [1.54, 1.807) is 18.5 Å². The molecule has 0 aliphatic heterocycles. The van der Waals surface area contributed by atoms with Crippen LogP contribution in [0.25, 0.3) is 0 Å². The summed E-state index contributed by atoms with van der Waals surface area (Å²) in [6.45, 7) is 3.51. The number of rotatable bonds is 7. The predicted molar refractivity (Wildman–Crippen MR) is 77.8 cm³/mol. The number of amides is 1. The zero-order valence-corrected chi connectivity index (χ0v) is 11.6. The van der Waals surface area contributed by atoms with E-state index in [0.29, 0.717) is 18.5 Å². The highest BCUT2D eigenvalue weighted by atomic mass is 16.3. The molecule has 2 heterocycles. The summed E-state index contributed by atoms with van der Waals surface area (Å²) in [6.07, 6.45) is 4.93. The normalized spacial score (nSPS) is 10.2. The molecule has 5 nitrogen and oxygen atoms in total. The summed E-state index contributed by atoms with van der Waals surface area (Å²) in [5, 5.41) is 6.01. The Hall–Kier alpha value is -2.30. The topological polar surface area (TPSA) is 67.2 Å². The van der Waals surface area contributed by atoms with Crippen molar-refractivity contribution < 1.29 is 9.21 Å². The Morgan fingerprint density at radius 3 is 2.85 bits per heavy atom. The highest BCUT2D eigenvalue weighted by Gasteiger charge is 2.06. The Balaban J connectivity index is 1.79. The Morgan fingerprint density at radius 2 is 2.20 bits per heavy atom. The first kappa shape index (κ1) is 14.1. The second-order valence-electron chi connectivity index (χ2n) is 4.44. The molecule has 2 rings (SSSR count). The van der Waals surface area contributed by atoms with Gasteiger partial charge in [0.2, 0.25) is 0 Å². The summed E-state index contributed by atoms with van der Waals surface area (Å²) >= 11 is 0. The smallest absolute Gasteiger partial charge is 0.252 e. The summed E-state index contributed by atoms with van der Waals surface area (Å²) in [5.74, 6) is 1.53. The first-order valence-electron chi connectivity index (χ1n) is 6.80. The van der Waals surface area contributed by atoms with E-state index in [9.17, 15) is 4.79 Å². The molecule has 1 amide bonds. The molecule has 2 aromatic heterocycles. The van der Waals surface area contributed by atoms with Crippen LogP contribution in [0.15, 0.2) is 41.1 Å². The molecule has 0 saturated heterocycles. The molecule has 0 radical (unpaired) electrons. The maximum Gasteiger partial charge on any atom is 0.252 e. The molecule has 0 bridgehead atoms. The van der Waals surface area contributed by atoms with Crippen molar-refractivity contribution in [1.29, 1.82) is 0 Å². The van der Waals surface area contributed by atoms with Crippen LogP contribution >= 0.6 is 0 Å². The quantitative estimate of drug-likeness (QED) is 0.813. The summed E-state index contributed by atoms with van der Waals surface area (Å²) in [7, 11) is 0. The fourth-order valence-corrected chi connectivity index (χ4v) is 1.74. The van der Waals surface area contributed by atoms with Crippen molar-refractivity contribution in [1.82, 2.24) is 10.3 Å². The van der Waals surface area contributed by atoms with Gasteiger partial charge in [0.1, 0.15) is 11.6 Å². The SMILES string of the molecule is CCCNc1ccc(C(=O)NCCc2ccco2)cn1. The van der Waals surface area contributed by atoms with Gasteiger partial charge in [-0.05, 0) is 30.7 Å². The van der Waals surface area contributed by atoms with Crippen molar-refractivity contribution >= 4 is 11.7 Å². The minimum atomic E-state index is -0.119. The van der Waals surface area contributed by atoms with Crippen molar-refractivity contribution in [3.05, 3.63) is 48.0 Å². The van der Waals surface area contributed by atoms with Gasteiger partial charge in [-0.25, -0.2) is 4.98 Å². The van der Waals surface area contributed by atoms with Crippen LogP contribution < -0.4 is 10.6 Å². The van der Waals surface area contributed by atoms with Gasteiger partial charge in [0.15, 0.2) is 0 Å². The number of furan rings is 1. The van der Waals surface area contributed by atoms with E-state index in [4.69, 9.17) is 4.42 Å². The van der Waals surface area contributed by atoms with Gasteiger partial charge in [-0.1, -0.05) is 6.92 Å². The number of anilines is 1. The summed E-state index contributed by atoms with van der Waals surface area (Å²) < 4.78 is 5.20. The van der Waals surface area contributed by atoms with Crippen LogP contribution in [0.5, 0.6) is 0 Å². The molecular weight excluding hydrogens is 254 g/mol. The van der Waals surface area contributed by atoms with E-state index < -0.39 is 0 Å². The predicted octanol–water partition coefficient (Wildman–Crippen LogP) is 2.47. The van der Waals surface area contributed by atoms with Gasteiger partial charge in [-0.2, -0.15) is 0 Å². The molecule has 2 aromatic rings. The molecule has 5 heteroatoms. The maximum atomic E-state index is 11.9. The van der Waals surface area contributed by atoms with E-state index in [1.165, 1.54) is 0 Å². The van der Waals surface area contributed by atoms with Crippen molar-refractivity contribution in [3.8, 4) is 0 Å². The molecule has 0 aliphatic rings. The number of nitrogens with one attached hydrogen (secondary N) is 2. The number of pyridine rings is 1. The lowest BCUT2D eigenvalue weighted by molar-refractivity contribution is 0.0953. The second-order valence-corrected chi connectivity index (χ2v) is 4.44. The Labute approximate surface area is 118 Å². The van der Waals surface area contributed by atoms with E-state index in [2.05, 4.69) is 22.5 Å². The van der Waals surface area contributed by atoms with E-state index >= 15 is 0 Å².